The molecule has 0 atom stereocenters. The molecular formula is C25H28Cl2N2O3. The van der Waals surface area contributed by atoms with Crippen LogP contribution in [0.15, 0.2) is 42.7 Å². The summed E-state index contributed by atoms with van der Waals surface area (Å²) in [4.78, 5) is 16.7. The Labute approximate surface area is 199 Å². The number of ketones is 1. The van der Waals surface area contributed by atoms with E-state index < -0.39 is 0 Å². The number of hydrogen-bond acceptors (Lipinski definition) is 4. The molecular weight excluding hydrogens is 447 g/mol. The van der Waals surface area contributed by atoms with Crippen molar-refractivity contribution in [2.75, 3.05) is 6.61 Å². The zero-order chi connectivity index (χ0) is 23.3. The summed E-state index contributed by atoms with van der Waals surface area (Å²) in [5.74, 6) is 1.60. The van der Waals surface area contributed by atoms with Crippen molar-refractivity contribution in [3.8, 4) is 22.9 Å². The summed E-state index contributed by atoms with van der Waals surface area (Å²) in [5.41, 5.74) is 1.79. The summed E-state index contributed by atoms with van der Waals surface area (Å²) in [7, 11) is 0. The second-order valence-electron chi connectivity index (χ2n) is 8.23. The number of aromatic nitrogens is 2. The lowest BCUT2D eigenvalue weighted by molar-refractivity contribution is 0.0965. The predicted molar refractivity (Wildman–Crippen MR) is 129 cm³/mol. The number of aryl methyl sites for hydroxylation is 1. The van der Waals surface area contributed by atoms with E-state index in [-0.39, 0.29) is 17.5 Å². The van der Waals surface area contributed by atoms with E-state index in [0.29, 0.717) is 39.9 Å². The number of phenolic OH excluding ortho intramolecular Hbond substituents is 1. The summed E-state index contributed by atoms with van der Waals surface area (Å²) >= 11 is 12.3. The van der Waals surface area contributed by atoms with Crippen LogP contribution in [0.4, 0.5) is 0 Å². The second-order valence-corrected chi connectivity index (χ2v) is 9.07. The molecule has 0 saturated carbocycles. The Kier molecular flexibility index (Phi) is 8.21. The first-order valence-electron chi connectivity index (χ1n) is 10.7. The summed E-state index contributed by atoms with van der Waals surface area (Å²) < 4.78 is 7.92. The Bertz CT molecular complexity index is 1090. The highest BCUT2D eigenvalue weighted by Crippen LogP contribution is 2.32. The van der Waals surface area contributed by atoms with E-state index >= 15 is 0 Å². The molecule has 1 N–H and O–H groups in total. The SMILES string of the molecule is Cc1c(OCCCCn2ccnc2-c2ccc(Cl)cc2Cl)ccc(C(=O)CC(C)C)c1O. The smallest absolute Gasteiger partial charge is 0.166 e. The van der Waals surface area contributed by atoms with Gasteiger partial charge in [0.25, 0.3) is 0 Å². The lowest BCUT2D eigenvalue weighted by Crippen LogP contribution is -2.06. The summed E-state index contributed by atoms with van der Waals surface area (Å²) in [6.45, 7) is 7.01. The third kappa shape index (κ3) is 5.84. The molecule has 32 heavy (non-hydrogen) atoms. The fourth-order valence-corrected chi connectivity index (χ4v) is 4.01. The first-order chi connectivity index (χ1) is 15.3. The fraction of sp³-hybridized carbons (Fsp3) is 0.360. The van der Waals surface area contributed by atoms with Crippen molar-refractivity contribution < 1.29 is 14.6 Å². The molecule has 0 unspecified atom stereocenters. The van der Waals surface area contributed by atoms with Crippen LogP contribution < -0.4 is 4.74 Å². The van der Waals surface area contributed by atoms with Gasteiger partial charge in [-0.15, -0.1) is 0 Å². The Morgan fingerprint density at radius 1 is 1.19 bits per heavy atom. The predicted octanol–water partition coefficient (Wildman–Crippen LogP) is 6.96. The Morgan fingerprint density at radius 2 is 1.97 bits per heavy atom. The van der Waals surface area contributed by atoms with Crippen LogP contribution in [0.5, 0.6) is 11.5 Å². The van der Waals surface area contributed by atoms with Crippen LogP contribution in [0.3, 0.4) is 0 Å². The van der Waals surface area contributed by atoms with Crippen molar-refractivity contribution in [3.63, 3.8) is 0 Å². The Hall–Kier alpha value is -2.50. The molecule has 3 rings (SSSR count). The number of unbranched alkanes of at least 4 members (excludes halogenated alkanes) is 1. The van der Waals surface area contributed by atoms with Crippen molar-refractivity contribution in [2.24, 2.45) is 5.92 Å². The second kappa shape index (κ2) is 10.9. The molecule has 2 aromatic carbocycles. The molecule has 0 aliphatic carbocycles. The number of imidazole rings is 1. The minimum Gasteiger partial charge on any atom is -0.507 e. The monoisotopic (exact) mass is 474 g/mol. The van der Waals surface area contributed by atoms with Crippen LogP contribution >= 0.6 is 23.2 Å². The maximum absolute atomic E-state index is 12.3. The third-order valence-electron chi connectivity index (χ3n) is 5.21. The zero-order valence-electron chi connectivity index (χ0n) is 18.6. The molecule has 0 saturated heterocycles. The molecule has 0 amide bonds. The van der Waals surface area contributed by atoms with Crippen LogP contribution in [0.25, 0.3) is 11.4 Å². The quantitative estimate of drug-likeness (QED) is 0.254. The minimum absolute atomic E-state index is 0.0102. The van der Waals surface area contributed by atoms with Crippen LogP contribution in [0, 0.1) is 12.8 Å². The van der Waals surface area contributed by atoms with Crippen LogP contribution in [-0.2, 0) is 6.54 Å². The number of ether oxygens (including phenoxy) is 1. The topological polar surface area (TPSA) is 64.4 Å². The number of aromatic hydroxyl groups is 1. The van der Waals surface area contributed by atoms with Gasteiger partial charge in [0.15, 0.2) is 5.78 Å². The zero-order valence-corrected chi connectivity index (χ0v) is 20.1. The van der Waals surface area contributed by atoms with E-state index in [9.17, 15) is 9.90 Å². The number of benzene rings is 2. The van der Waals surface area contributed by atoms with E-state index in [1.807, 2.05) is 26.1 Å². The number of rotatable bonds is 10. The number of hydrogen-bond donors (Lipinski definition) is 1. The number of carbonyl (C=O) groups excluding carboxylic acids is 1. The highest BCUT2D eigenvalue weighted by atomic mass is 35.5. The van der Waals surface area contributed by atoms with Crippen LogP contribution in [0.2, 0.25) is 10.0 Å². The van der Waals surface area contributed by atoms with Gasteiger partial charge in [0.2, 0.25) is 0 Å². The van der Waals surface area contributed by atoms with Gasteiger partial charge in [-0.25, -0.2) is 4.98 Å². The van der Waals surface area contributed by atoms with Gasteiger partial charge in [-0.3, -0.25) is 4.79 Å². The van der Waals surface area contributed by atoms with Crippen molar-refractivity contribution in [2.45, 2.75) is 46.6 Å². The normalized spacial score (nSPS) is 11.2. The molecule has 1 heterocycles. The molecule has 0 aliphatic rings. The first kappa shape index (κ1) is 24.1. The van der Waals surface area contributed by atoms with Gasteiger partial charge in [-0.05, 0) is 56.0 Å². The maximum Gasteiger partial charge on any atom is 0.166 e. The van der Waals surface area contributed by atoms with Gasteiger partial charge in [-0.2, -0.15) is 0 Å². The van der Waals surface area contributed by atoms with Gasteiger partial charge in [0.1, 0.15) is 17.3 Å². The first-order valence-corrected chi connectivity index (χ1v) is 11.5. The van der Waals surface area contributed by atoms with Gasteiger partial charge < -0.3 is 14.4 Å². The van der Waals surface area contributed by atoms with Crippen molar-refractivity contribution in [1.29, 1.82) is 0 Å². The molecule has 0 radical (unpaired) electrons. The largest absolute Gasteiger partial charge is 0.507 e. The molecule has 0 fully saturated rings. The standard InChI is InChI=1S/C25H28Cl2N2O3/c1-16(2)14-22(30)20-8-9-23(17(3)24(20)31)32-13-5-4-11-29-12-10-28-25(29)19-7-6-18(26)15-21(19)27/h6-10,12,15-16,31H,4-5,11,13-14H2,1-3H3. The van der Waals surface area contributed by atoms with Crippen molar-refractivity contribution >= 4 is 29.0 Å². The van der Waals surface area contributed by atoms with Crippen molar-refractivity contribution in [1.82, 2.24) is 9.55 Å². The van der Waals surface area contributed by atoms with Crippen LogP contribution in [0.1, 0.15) is 49.0 Å². The number of nitrogens with zero attached hydrogens (tertiary/aromatic N) is 2. The molecule has 1 aromatic heterocycles. The average molecular weight is 475 g/mol. The molecule has 5 nitrogen and oxygen atoms in total. The Morgan fingerprint density at radius 3 is 2.69 bits per heavy atom. The summed E-state index contributed by atoms with van der Waals surface area (Å²) in [5, 5.41) is 11.6. The highest BCUT2D eigenvalue weighted by molar-refractivity contribution is 6.36. The fourth-order valence-electron chi connectivity index (χ4n) is 3.51. The van der Waals surface area contributed by atoms with E-state index in [4.69, 9.17) is 27.9 Å². The number of Topliss-reactive ketones (excluding diaryl/α,β-unsaturated/α-hetero) is 1. The van der Waals surface area contributed by atoms with Gasteiger partial charge >= 0.3 is 0 Å². The van der Waals surface area contributed by atoms with E-state index in [0.717, 1.165) is 30.8 Å². The average Bonchev–Trinajstić information content (AvgIpc) is 3.18. The molecule has 0 aliphatic heterocycles. The lowest BCUT2D eigenvalue weighted by atomic mass is 9.98. The van der Waals surface area contributed by atoms with E-state index in [1.165, 1.54) is 0 Å². The van der Waals surface area contributed by atoms with Crippen molar-refractivity contribution in [3.05, 3.63) is 63.9 Å². The summed E-state index contributed by atoms with van der Waals surface area (Å²) in [6.07, 6.45) is 5.79. The number of carbonyl (C=O) groups is 1. The van der Waals surface area contributed by atoms with Gasteiger partial charge in [-0.1, -0.05) is 37.0 Å². The minimum atomic E-state index is -0.0518. The molecule has 170 valence electrons. The van der Waals surface area contributed by atoms with E-state index in [2.05, 4.69) is 9.55 Å². The van der Waals surface area contributed by atoms with Gasteiger partial charge in [0.05, 0.1) is 17.2 Å². The molecule has 0 spiro atoms. The highest BCUT2D eigenvalue weighted by Gasteiger charge is 2.17. The van der Waals surface area contributed by atoms with E-state index in [1.54, 1.807) is 37.4 Å². The molecule has 3 aromatic rings. The lowest BCUT2D eigenvalue weighted by Gasteiger charge is -2.14. The maximum atomic E-state index is 12.3. The van der Waals surface area contributed by atoms with Gasteiger partial charge in [0, 0.05) is 41.5 Å². The summed E-state index contributed by atoms with van der Waals surface area (Å²) in [6, 6.07) is 8.80. The molecule has 7 heteroatoms. The molecule has 0 bridgehead atoms. The number of halogens is 2. The van der Waals surface area contributed by atoms with Crippen LogP contribution in [-0.4, -0.2) is 27.0 Å². The Balaban J connectivity index is 1.54. The number of phenols is 1. The third-order valence-corrected chi connectivity index (χ3v) is 5.76.